The summed E-state index contributed by atoms with van der Waals surface area (Å²) in [6.07, 6.45) is 5.44. The van der Waals surface area contributed by atoms with E-state index in [2.05, 4.69) is 10.2 Å². The molecule has 4 nitrogen and oxygen atoms in total. The van der Waals surface area contributed by atoms with Gasteiger partial charge in [0.2, 0.25) is 5.91 Å². The van der Waals surface area contributed by atoms with Crippen LogP contribution in [0.4, 0.5) is 0 Å². The number of hydrogen-bond acceptors (Lipinski definition) is 3. The van der Waals surface area contributed by atoms with E-state index in [-0.39, 0.29) is 5.91 Å². The lowest BCUT2D eigenvalue weighted by molar-refractivity contribution is -0.133. The van der Waals surface area contributed by atoms with Crippen LogP contribution in [0.25, 0.3) is 0 Å². The lowest BCUT2D eigenvalue weighted by Gasteiger charge is -2.30. The molecule has 0 spiro atoms. The Kier molecular flexibility index (Phi) is 5.45. The van der Waals surface area contributed by atoms with Crippen LogP contribution in [-0.4, -0.2) is 49.7 Å². The van der Waals surface area contributed by atoms with Crippen LogP contribution in [0.1, 0.15) is 39.0 Å². The van der Waals surface area contributed by atoms with Crippen molar-refractivity contribution in [3.8, 4) is 0 Å². The molecule has 0 aromatic carbocycles. The smallest absolute Gasteiger partial charge is 0.225 e. The van der Waals surface area contributed by atoms with Gasteiger partial charge in [-0.1, -0.05) is 0 Å². The summed E-state index contributed by atoms with van der Waals surface area (Å²) >= 11 is 0. The number of ether oxygens (including phenoxy) is 1. The Labute approximate surface area is 110 Å². The van der Waals surface area contributed by atoms with Gasteiger partial charge in [0.1, 0.15) is 0 Å². The van der Waals surface area contributed by atoms with Crippen LogP contribution in [-0.2, 0) is 9.53 Å². The van der Waals surface area contributed by atoms with Crippen LogP contribution in [0.2, 0.25) is 0 Å². The number of nitrogens with one attached hydrogen (secondary N) is 1. The Morgan fingerprint density at radius 3 is 2.83 bits per heavy atom. The zero-order valence-corrected chi connectivity index (χ0v) is 11.5. The van der Waals surface area contributed by atoms with Crippen molar-refractivity contribution in [2.45, 2.75) is 45.1 Å². The Balaban J connectivity index is 1.77. The van der Waals surface area contributed by atoms with Crippen molar-refractivity contribution >= 4 is 5.91 Å². The van der Waals surface area contributed by atoms with E-state index in [1.54, 1.807) is 0 Å². The molecular formula is C14H26N2O2. The highest BCUT2D eigenvalue weighted by atomic mass is 16.5. The third-order valence-electron chi connectivity index (χ3n) is 3.83. The molecule has 18 heavy (non-hydrogen) atoms. The standard InChI is InChI=1S/C14H26N2O2/c1-2-18-9-7-14(17)16(13-5-6-13)11-12-4-3-8-15-10-12/h12-13,15H,2-11H2,1H3. The van der Waals surface area contributed by atoms with E-state index in [9.17, 15) is 4.79 Å². The zero-order chi connectivity index (χ0) is 12.8. The quantitative estimate of drug-likeness (QED) is 0.698. The van der Waals surface area contributed by atoms with Crippen molar-refractivity contribution in [1.82, 2.24) is 10.2 Å². The molecule has 4 heteroatoms. The molecule has 1 amide bonds. The molecule has 2 aliphatic rings. The topological polar surface area (TPSA) is 41.6 Å². The minimum absolute atomic E-state index is 0.288. The highest BCUT2D eigenvalue weighted by molar-refractivity contribution is 5.77. The molecular weight excluding hydrogens is 228 g/mol. The average molecular weight is 254 g/mol. The normalized spacial score (nSPS) is 23.9. The molecule has 0 radical (unpaired) electrons. The zero-order valence-electron chi connectivity index (χ0n) is 11.5. The molecule has 1 heterocycles. The molecule has 1 aliphatic carbocycles. The van der Waals surface area contributed by atoms with Gasteiger partial charge in [0.05, 0.1) is 13.0 Å². The van der Waals surface area contributed by atoms with E-state index in [4.69, 9.17) is 4.74 Å². The SMILES string of the molecule is CCOCCC(=O)N(CC1CCCNC1)C1CC1. The first kappa shape index (κ1) is 13.8. The molecule has 0 aromatic heterocycles. The van der Waals surface area contributed by atoms with E-state index in [0.29, 0.717) is 31.6 Å². The number of nitrogens with zero attached hydrogens (tertiary/aromatic N) is 1. The minimum atomic E-state index is 0.288. The van der Waals surface area contributed by atoms with E-state index < -0.39 is 0 Å². The molecule has 0 bridgehead atoms. The Hall–Kier alpha value is -0.610. The average Bonchev–Trinajstić information content (AvgIpc) is 3.21. The second-order valence-corrected chi connectivity index (χ2v) is 5.44. The Morgan fingerprint density at radius 1 is 1.39 bits per heavy atom. The minimum Gasteiger partial charge on any atom is -0.381 e. The monoisotopic (exact) mass is 254 g/mol. The van der Waals surface area contributed by atoms with Gasteiger partial charge in [-0.25, -0.2) is 0 Å². The van der Waals surface area contributed by atoms with Crippen molar-refractivity contribution in [2.75, 3.05) is 32.8 Å². The predicted octanol–water partition coefficient (Wildman–Crippen LogP) is 1.40. The van der Waals surface area contributed by atoms with Crippen LogP contribution >= 0.6 is 0 Å². The van der Waals surface area contributed by atoms with Crippen LogP contribution in [0.3, 0.4) is 0 Å². The van der Waals surface area contributed by atoms with Gasteiger partial charge in [0, 0.05) is 19.2 Å². The van der Waals surface area contributed by atoms with Crippen molar-refractivity contribution < 1.29 is 9.53 Å². The summed E-state index contributed by atoms with van der Waals surface area (Å²) in [5.74, 6) is 0.937. The number of rotatable bonds is 7. The molecule has 1 saturated heterocycles. The number of piperidine rings is 1. The fraction of sp³-hybridized carbons (Fsp3) is 0.929. The second kappa shape index (κ2) is 7.10. The van der Waals surface area contributed by atoms with Gasteiger partial charge < -0.3 is 15.0 Å². The maximum Gasteiger partial charge on any atom is 0.225 e. The van der Waals surface area contributed by atoms with Crippen molar-refractivity contribution in [3.63, 3.8) is 0 Å². The van der Waals surface area contributed by atoms with Crippen molar-refractivity contribution in [3.05, 3.63) is 0 Å². The van der Waals surface area contributed by atoms with Crippen molar-refractivity contribution in [2.24, 2.45) is 5.92 Å². The number of carbonyl (C=O) groups excluding carboxylic acids is 1. The number of amides is 1. The third-order valence-corrected chi connectivity index (χ3v) is 3.83. The fourth-order valence-corrected chi connectivity index (χ4v) is 2.65. The second-order valence-electron chi connectivity index (χ2n) is 5.44. The number of hydrogen-bond donors (Lipinski definition) is 1. The van der Waals surface area contributed by atoms with E-state index in [1.165, 1.54) is 25.7 Å². The Bertz CT molecular complexity index is 261. The summed E-state index contributed by atoms with van der Waals surface area (Å²) in [5, 5.41) is 3.43. The first-order valence-corrected chi connectivity index (χ1v) is 7.39. The molecule has 104 valence electrons. The van der Waals surface area contributed by atoms with Crippen LogP contribution in [0.15, 0.2) is 0 Å². The molecule has 2 rings (SSSR count). The molecule has 2 fully saturated rings. The maximum absolute atomic E-state index is 12.2. The molecule has 1 unspecified atom stereocenters. The van der Waals surface area contributed by atoms with Gasteiger partial charge in [0.15, 0.2) is 0 Å². The number of carbonyl (C=O) groups is 1. The maximum atomic E-state index is 12.2. The van der Waals surface area contributed by atoms with Gasteiger partial charge >= 0.3 is 0 Å². The first-order valence-electron chi connectivity index (χ1n) is 7.39. The molecule has 0 aromatic rings. The summed E-state index contributed by atoms with van der Waals surface area (Å²) < 4.78 is 5.28. The largest absolute Gasteiger partial charge is 0.381 e. The summed E-state index contributed by atoms with van der Waals surface area (Å²) in [7, 11) is 0. The molecule has 1 N–H and O–H groups in total. The van der Waals surface area contributed by atoms with Crippen LogP contribution in [0, 0.1) is 5.92 Å². The van der Waals surface area contributed by atoms with E-state index in [0.717, 1.165) is 19.6 Å². The first-order chi connectivity index (χ1) is 8.81. The highest BCUT2D eigenvalue weighted by Gasteiger charge is 2.33. The van der Waals surface area contributed by atoms with E-state index in [1.807, 2.05) is 6.92 Å². The van der Waals surface area contributed by atoms with E-state index >= 15 is 0 Å². The summed E-state index contributed by atoms with van der Waals surface area (Å²) in [6.45, 7) is 6.39. The lowest BCUT2D eigenvalue weighted by atomic mass is 9.99. The summed E-state index contributed by atoms with van der Waals surface area (Å²) in [6, 6.07) is 0.529. The van der Waals surface area contributed by atoms with Crippen LogP contribution < -0.4 is 5.32 Å². The van der Waals surface area contributed by atoms with Gasteiger partial charge in [-0.15, -0.1) is 0 Å². The third kappa shape index (κ3) is 4.25. The lowest BCUT2D eigenvalue weighted by Crippen LogP contribution is -2.42. The molecule has 1 aliphatic heterocycles. The van der Waals surface area contributed by atoms with Gasteiger partial charge in [0.25, 0.3) is 0 Å². The van der Waals surface area contributed by atoms with Crippen molar-refractivity contribution in [1.29, 1.82) is 0 Å². The van der Waals surface area contributed by atoms with Gasteiger partial charge in [-0.05, 0) is 51.6 Å². The highest BCUT2D eigenvalue weighted by Crippen LogP contribution is 2.29. The van der Waals surface area contributed by atoms with Crippen LogP contribution in [0.5, 0.6) is 0 Å². The Morgan fingerprint density at radius 2 is 2.22 bits per heavy atom. The van der Waals surface area contributed by atoms with Gasteiger partial charge in [-0.2, -0.15) is 0 Å². The molecule has 1 saturated carbocycles. The van der Waals surface area contributed by atoms with Gasteiger partial charge in [-0.3, -0.25) is 4.79 Å². The summed E-state index contributed by atoms with van der Waals surface area (Å²) in [5.41, 5.74) is 0. The molecule has 1 atom stereocenters. The predicted molar refractivity (Wildman–Crippen MR) is 71.4 cm³/mol. The fourth-order valence-electron chi connectivity index (χ4n) is 2.65. The summed E-state index contributed by atoms with van der Waals surface area (Å²) in [4.78, 5) is 14.3.